The molecule has 0 saturated heterocycles. The molecule has 2 aromatic carbocycles. The van der Waals surface area contributed by atoms with Crippen molar-refractivity contribution in [1.29, 1.82) is 0 Å². The summed E-state index contributed by atoms with van der Waals surface area (Å²) in [6.07, 6.45) is 6.75. The maximum Gasteiger partial charge on any atom is 0.191 e. The highest BCUT2D eigenvalue weighted by Crippen LogP contribution is 2.14. The van der Waals surface area contributed by atoms with Crippen LogP contribution in [0.4, 0.5) is 0 Å². The number of aliphatic imine (C=N–C) groups is 1. The van der Waals surface area contributed by atoms with Crippen LogP contribution in [0.2, 0.25) is 0 Å². The van der Waals surface area contributed by atoms with Crippen LogP contribution in [0.15, 0.2) is 76.9 Å². The second-order valence-corrected chi connectivity index (χ2v) is 6.95. The molecule has 0 aliphatic carbocycles. The average molecular weight is 507 g/mol. The van der Waals surface area contributed by atoms with Gasteiger partial charge in [-0.3, -0.25) is 4.99 Å². The molecule has 0 aliphatic rings. The highest BCUT2D eigenvalue weighted by atomic mass is 127. The zero-order valence-electron chi connectivity index (χ0n) is 16.1. The van der Waals surface area contributed by atoms with Gasteiger partial charge in [0.1, 0.15) is 0 Å². The first-order valence-corrected chi connectivity index (χ1v) is 10.2. The number of nitrogens with one attached hydrogen (secondary N) is 2. The second kappa shape index (κ2) is 11.8. The Morgan fingerprint density at radius 3 is 2.36 bits per heavy atom. The molecule has 0 spiro atoms. The van der Waals surface area contributed by atoms with Gasteiger partial charge in [0, 0.05) is 37.4 Å². The SMILES string of the molecule is CN=C(NCCc1ccc(-n2cccn2)cc1)NCc1ccc(SC)cc1.I. The van der Waals surface area contributed by atoms with Gasteiger partial charge in [-0.2, -0.15) is 5.10 Å². The first kappa shape index (κ1) is 22.3. The van der Waals surface area contributed by atoms with Gasteiger partial charge >= 0.3 is 0 Å². The van der Waals surface area contributed by atoms with Crippen LogP contribution in [0.1, 0.15) is 11.1 Å². The third-order valence-corrected chi connectivity index (χ3v) is 5.00. The summed E-state index contributed by atoms with van der Waals surface area (Å²) < 4.78 is 1.86. The van der Waals surface area contributed by atoms with Crippen molar-refractivity contribution in [2.45, 2.75) is 17.9 Å². The van der Waals surface area contributed by atoms with Crippen molar-refractivity contribution in [3.8, 4) is 5.69 Å². The number of hydrogen-bond donors (Lipinski definition) is 2. The van der Waals surface area contributed by atoms with Crippen molar-refractivity contribution in [3.05, 3.63) is 78.1 Å². The molecule has 148 valence electrons. The number of nitrogens with zero attached hydrogens (tertiary/aromatic N) is 3. The molecule has 2 N–H and O–H groups in total. The normalized spacial score (nSPS) is 11.0. The molecule has 0 aliphatic heterocycles. The molecule has 0 unspecified atom stereocenters. The molecule has 1 aromatic heterocycles. The second-order valence-electron chi connectivity index (χ2n) is 6.07. The maximum atomic E-state index is 4.29. The van der Waals surface area contributed by atoms with Crippen LogP contribution in [-0.2, 0) is 13.0 Å². The van der Waals surface area contributed by atoms with Crippen LogP contribution < -0.4 is 10.6 Å². The molecule has 3 aromatic rings. The van der Waals surface area contributed by atoms with Crippen LogP contribution in [0.5, 0.6) is 0 Å². The van der Waals surface area contributed by atoms with Gasteiger partial charge in [0.25, 0.3) is 0 Å². The molecule has 0 radical (unpaired) electrons. The van der Waals surface area contributed by atoms with E-state index in [1.54, 1.807) is 25.0 Å². The minimum atomic E-state index is 0. The Bertz CT molecular complexity index is 846. The van der Waals surface area contributed by atoms with Gasteiger partial charge in [-0.15, -0.1) is 35.7 Å². The summed E-state index contributed by atoms with van der Waals surface area (Å²) in [7, 11) is 1.80. The molecule has 0 bridgehead atoms. The van der Waals surface area contributed by atoms with Crippen molar-refractivity contribution < 1.29 is 0 Å². The Morgan fingerprint density at radius 1 is 1.04 bits per heavy atom. The van der Waals surface area contributed by atoms with Gasteiger partial charge in [0.05, 0.1) is 5.69 Å². The summed E-state index contributed by atoms with van der Waals surface area (Å²) >= 11 is 1.75. The molecular weight excluding hydrogens is 481 g/mol. The van der Waals surface area contributed by atoms with E-state index in [0.717, 1.165) is 31.2 Å². The first-order chi connectivity index (χ1) is 13.3. The van der Waals surface area contributed by atoms with Crippen molar-refractivity contribution >= 4 is 41.7 Å². The summed E-state index contributed by atoms with van der Waals surface area (Å²) in [6.45, 7) is 1.58. The molecule has 5 nitrogen and oxygen atoms in total. The predicted octanol–water partition coefficient (Wildman–Crippen LogP) is 4.12. The van der Waals surface area contributed by atoms with Gasteiger partial charge < -0.3 is 10.6 Å². The Morgan fingerprint density at radius 2 is 1.75 bits per heavy atom. The van der Waals surface area contributed by atoms with Gasteiger partial charge in [-0.1, -0.05) is 24.3 Å². The summed E-state index contributed by atoms with van der Waals surface area (Å²) in [4.78, 5) is 5.57. The van der Waals surface area contributed by atoms with E-state index in [1.165, 1.54) is 16.0 Å². The number of benzene rings is 2. The van der Waals surface area contributed by atoms with E-state index >= 15 is 0 Å². The molecular formula is C21H26IN5S. The minimum Gasteiger partial charge on any atom is -0.356 e. The van der Waals surface area contributed by atoms with E-state index in [4.69, 9.17) is 0 Å². The van der Waals surface area contributed by atoms with Crippen LogP contribution in [0.25, 0.3) is 5.69 Å². The number of thioether (sulfide) groups is 1. The largest absolute Gasteiger partial charge is 0.356 e. The molecule has 0 saturated carbocycles. The Kier molecular flexibility index (Phi) is 9.36. The molecule has 0 atom stereocenters. The zero-order valence-corrected chi connectivity index (χ0v) is 19.3. The maximum absolute atomic E-state index is 4.29. The summed E-state index contributed by atoms with van der Waals surface area (Å²) in [5.41, 5.74) is 3.59. The standard InChI is InChI=1S/C21H25N5S.HI/c1-22-21(24-16-18-6-10-20(27-2)11-7-18)23-14-12-17-4-8-19(9-5-17)26-15-3-13-25-26;/h3-11,13,15H,12,14,16H2,1-2H3,(H2,22,23,24);1H. The lowest BCUT2D eigenvalue weighted by molar-refractivity contribution is 0.793. The fourth-order valence-electron chi connectivity index (χ4n) is 2.71. The molecule has 0 amide bonds. The monoisotopic (exact) mass is 507 g/mol. The van der Waals surface area contributed by atoms with E-state index < -0.39 is 0 Å². The Balaban J connectivity index is 0.00000280. The van der Waals surface area contributed by atoms with E-state index in [9.17, 15) is 0 Å². The third kappa shape index (κ3) is 6.56. The van der Waals surface area contributed by atoms with E-state index in [-0.39, 0.29) is 24.0 Å². The van der Waals surface area contributed by atoms with E-state index in [1.807, 2.05) is 16.9 Å². The number of rotatable bonds is 7. The average Bonchev–Trinajstić information content (AvgIpc) is 3.26. The van der Waals surface area contributed by atoms with Gasteiger partial charge in [0.2, 0.25) is 0 Å². The topological polar surface area (TPSA) is 54.2 Å². The van der Waals surface area contributed by atoms with Crippen molar-refractivity contribution in [2.75, 3.05) is 19.8 Å². The Labute approximate surface area is 188 Å². The van der Waals surface area contributed by atoms with E-state index in [2.05, 4.69) is 75.5 Å². The number of guanidine groups is 1. The fraction of sp³-hybridized carbons (Fsp3) is 0.238. The van der Waals surface area contributed by atoms with Gasteiger partial charge in [-0.05, 0) is 54.1 Å². The van der Waals surface area contributed by atoms with E-state index in [0.29, 0.717) is 0 Å². The lowest BCUT2D eigenvalue weighted by Gasteiger charge is -2.12. The number of aromatic nitrogens is 2. The van der Waals surface area contributed by atoms with Crippen molar-refractivity contribution in [3.63, 3.8) is 0 Å². The van der Waals surface area contributed by atoms with Gasteiger partial charge in [0.15, 0.2) is 5.96 Å². The van der Waals surface area contributed by atoms with Crippen LogP contribution >= 0.6 is 35.7 Å². The van der Waals surface area contributed by atoms with Crippen molar-refractivity contribution in [1.82, 2.24) is 20.4 Å². The van der Waals surface area contributed by atoms with Crippen LogP contribution in [0, 0.1) is 0 Å². The summed E-state index contributed by atoms with van der Waals surface area (Å²) in [5, 5.41) is 11.0. The quantitative estimate of drug-likeness (QED) is 0.219. The lowest BCUT2D eigenvalue weighted by atomic mass is 10.1. The molecule has 28 heavy (non-hydrogen) atoms. The van der Waals surface area contributed by atoms with Crippen LogP contribution in [0.3, 0.4) is 0 Å². The molecule has 1 heterocycles. The Hall–Kier alpha value is -2.00. The van der Waals surface area contributed by atoms with Gasteiger partial charge in [-0.25, -0.2) is 4.68 Å². The molecule has 3 rings (SSSR count). The first-order valence-electron chi connectivity index (χ1n) is 8.95. The fourth-order valence-corrected chi connectivity index (χ4v) is 3.12. The molecule has 7 heteroatoms. The lowest BCUT2D eigenvalue weighted by Crippen LogP contribution is -2.37. The van der Waals surface area contributed by atoms with Crippen LogP contribution in [-0.4, -0.2) is 35.6 Å². The summed E-state index contributed by atoms with van der Waals surface area (Å²) in [5.74, 6) is 0.817. The number of hydrogen-bond acceptors (Lipinski definition) is 3. The molecule has 0 fully saturated rings. The highest BCUT2D eigenvalue weighted by Gasteiger charge is 2.01. The van der Waals surface area contributed by atoms with Crippen molar-refractivity contribution in [2.24, 2.45) is 4.99 Å². The summed E-state index contributed by atoms with van der Waals surface area (Å²) in [6, 6.07) is 19.0. The minimum absolute atomic E-state index is 0. The zero-order chi connectivity index (χ0) is 18.9. The predicted molar refractivity (Wildman–Crippen MR) is 129 cm³/mol. The smallest absolute Gasteiger partial charge is 0.191 e. The highest BCUT2D eigenvalue weighted by molar-refractivity contribution is 14.0. The third-order valence-electron chi connectivity index (χ3n) is 4.25. The number of halogens is 1.